The van der Waals surface area contributed by atoms with Crippen molar-refractivity contribution in [2.24, 2.45) is 0 Å². The smallest absolute Gasteiger partial charge is 0.0830 e. The van der Waals surface area contributed by atoms with Gasteiger partial charge in [-0.25, -0.2) is 0 Å². The minimum absolute atomic E-state index is 0.439. The fourth-order valence-corrected chi connectivity index (χ4v) is 2.51. The van der Waals surface area contributed by atoms with E-state index in [9.17, 15) is 5.11 Å². The maximum Gasteiger partial charge on any atom is 0.0830 e. The van der Waals surface area contributed by atoms with E-state index < -0.39 is 6.10 Å². The van der Waals surface area contributed by atoms with E-state index in [1.807, 2.05) is 48.5 Å². The zero-order valence-corrected chi connectivity index (χ0v) is 12.8. The molecule has 0 spiro atoms. The molecule has 3 heteroatoms. The highest BCUT2D eigenvalue weighted by Gasteiger charge is 2.08. The molecule has 0 bridgehead atoms. The normalized spacial score (nSPS) is 12.4. The molecule has 0 aliphatic rings. The Morgan fingerprint density at radius 3 is 2.47 bits per heavy atom. The first-order valence-corrected chi connectivity index (χ1v) is 7.20. The Morgan fingerprint density at radius 2 is 1.82 bits per heavy atom. The van der Waals surface area contributed by atoms with Crippen molar-refractivity contribution in [3.63, 3.8) is 0 Å². The van der Waals surface area contributed by atoms with Gasteiger partial charge >= 0.3 is 0 Å². The van der Waals surface area contributed by atoms with Gasteiger partial charge in [0.1, 0.15) is 0 Å². The number of aliphatic hydroxyl groups excluding tert-OH is 1. The van der Waals surface area contributed by atoms with Crippen molar-refractivity contribution in [1.82, 2.24) is 0 Å². The summed E-state index contributed by atoms with van der Waals surface area (Å²) >= 11 is 5.66. The second-order valence-corrected chi connectivity index (χ2v) is 6.06. The van der Waals surface area contributed by atoms with Gasteiger partial charge in [0.05, 0.1) is 6.10 Å². The molecule has 0 aromatic heterocycles. The molecule has 0 fully saturated rings. The third-order valence-corrected chi connectivity index (χ3v) is 3.78. The molecule has 0 saturated heterocycles. The summed E-state index contributed by atoms with van der Waals surface area (Å²) in [6.45, 7) is 0. The molecule has 1 nitrogen and oxygen atoms in total. The molecule has 0 radical (unpaired) electrons. The van der Waals surface area contributed by atoms with E-state index in [0.29, 0.717) is 6.42 Å². The zero-order valence-electron chi connectivity index (χ0n) is 9.11. The molecule has 2 aromatic carbocycles. The monoisotopic (exact) mass is 402 g/mol. The van der Waals surface area contributed by atoms with Crippen molar-refractivity contribution in [2.75, 3.05) is 0 Å². The Labute approximate surface area is 123 Å². The average Bonchev–Trinajstić information content (AvgIpc) is 2.32. The van der Waals surface area contributed by atoms with Gasteiger partial charge in [0.25, 0.3) is 0 Å². The van der Waals surface area contributed by atoms with Crippen molar-refractivity contribution in [1.29, 1.82) is 0 Å². The molecule has 2 rings (SSSR count). The maximum absolute atomic E-state index is 10.2. The quantitative estimate of drug-likeness (QED) is 0.757. The molecule has 0 aliphatic carbocycles. The van der Waals surface area contributed by atoms with Crippen LogP contribution in [-0.2, 0) is 6.42 Å². The lowest BCUT2D eigenvalue weighted by Gasteiger charge is -2.11. The molecule has 1 N–H and O–H groups in total. The molecule has 17 heavy (non-hydrogen) atoms. The first kappa shape index (κ1) is 13.1. The summed E-state index contributed by atoms with van der Waals surface area (Å²) in [6, 6.07) is 16.0. The topological polar surface area (TPSA) is 20.2 Å². The molecule has 0 heterocycles. The van der Waals surface area contributed by atoms with Crippen LogP contribution in [0, 0.1) is 3.57 Å². The lowest BCUT2D eigenvalue weighted by Crippen LogP contribution is -2.01. The van der Waals surface area contributed by atoms with Gasteiger partial charge in [0.15, 0.2) is 0 Å². The van der Waals surface area contributed by atoms with E-state index in [2.05, 4.69) is 38.5 Å². The second-order valence-electron chi connectivity index (χ2n) is 3.90. The van der Waals surface area contributed by atoms with Gasteiger partial charge in [-0.15, -0.1) is 0 Å². The lowest BCUT2D eigenvalue weighted by molar-refractivity contribution is 0.178. The van der Waals surface area contributed by atoms with Gasteiger partial charge in [-0.2, -0.15) is 0 Å². The van der Waals surface area contributed by atoms with Gasteiger partial charge in [-0.05, 0) is 58.0 Å². The Kier molecular flexibility index (Phi) is 4.59. The van der Waals surface area contributed by atoms with Gasteiger partial charge in [-0.3, -0.25) is 0 Å². The molecule has 88 valence electrons. The van der Waals surface area contributed by atoms with Crippen LogP contribution in [0.5, 0.6) is 0 Å². The Hall–Kier alpha value is -0.390. The van der Waals surface area contributed by atoms with Crippen molar-refractivity contribution >= 4 is 38.5 Å². The summed E-state index contributed by atoms with van der Waals surface area (Å²) in [5.41, 5.74) is 2.11. The van der Waals surface area contributed by atoms with E-state index in [1.165, 1.54) is 0 Å². The van der Waals surface area contributed by atoms with Crippen LogP contribution in [0.4, 0.5) is 0 Å². The van der Waals surface area contributed by atoms with Crippen LogP contribution < -0.4 is 0 Å². The Balaban J connectivity index is 2.11. The number of aliphatic hydroxyl groups is 1. The molecule has 1 atom stereocenters. The minimum Gasteiger partial charge on any atom is -0.388 e. The summed E-state index contributed by atoms with van der Waals surface area (Å²) in [4.78, 5) is 0. The van der Waals surface area contributed by atoms with E-state index in [0.717, 1.165) is 19.2 Å². The van der Waals surface area contributed by atoms with Gasteiger partial charge in [0.2, 0.25) is 0 Å². The summed E-state index contributed by atoms with van der Waals surface area (Å²) in [6.07, 6.45) is 0.207. The summed E-state index contributed by atoms with van der Waals surface area (Å²) in [5, 5.41) is 10.2. The number of halogens is 2. The van der Waals surface area contributed by atoms with Crippen LogP contribution in [-0.4, -0.2) is 5.11 Å². The molecule has 0 saturated carbocycles. The highest BCUT2D eigenvalue weighted by Crippen LogP contribution is 2.21. The average molecular weight is 403 g/mol. The third kappa shape index (κ3) is 3.79. The fourth-order valence-electron chi connectivity index (χ4n) is 1.68. The first-order valence-electron chi connectivity index (χ1n) is 5.33. The summed E-state index contributed by atoms with van der Waals surface area (Å²) in [7, 11) is 0. The largest absolute Gasteiger partial charge is 0.388 e. The number of hydrogen-bond acceptors (Lipinski definition) is 1. The van der Waals surface area contributed by atoms with Crippen LogP contribution >= 0.6 is 38.5 Å². The van der Waals surface area contributed by atoms with Crippen molar-refractivity contribution < 1.29 is 5.11 Å². The molecule has 2 aromatic rings. The van der Waals surface area contributed by atoms with Crippen molar-refractivity contribution in [3.8, 4) is 0 Å². The molecule has 1 unspecified atom stereocenters. The van der Waals surface area contributed by atoms with Crippen molar-refractivity contribution in [3.05, 3.63) is 67.7 Å². The van der Waals surface area contributed by atoms with Crippen LogP contribution in [0.2, 0.25) is 0 Å². The highest BCUT2D eigenvalue weighted by atomic mass is 127. The van der Waals surface area contributed by atoms with Gasteiger partial charge in [0, 0.05) is 14.5 Å². The molecule has 0 amide bonds. The predicted octanol–water partition coefficient (Wildman–Crippen LogP) is 4.33. The number of hydrogen-bond donors (Lipinski definition) is 1. The standard InChI is InChI=1S/C14H12BrIO/c15-12-6-4-10(5-7-12)8-14(17)11-2-1-3-13(16)9-11/h1-7,9,14,17H,8H2. The SMILES string of the molecule is OC(Cc1ccc(Br)cc1)c1cccc(I)c1. The van der Waals surface area contributed by atoms with Crippen molar-refractivity contribution in [2.45, 2.75) is 12.5 Å². The van der Waals surface area contributed by atoms with Crippen LogP contribution in [0.25, 0.3) is 0 Å². The van der Waals surface area contributed by atoms with Crippen LogP contribution in [0.15, 0.2) is 53.0 Å². The highest BCUT2D eigenvalue weighted by molar-refractivity contribution is 14.1. The fraction of sp³-hybridized carbons (Fsp3) is 0.143. The molecular weight excluding hydrogens is 391 g/mol. The first-order chi connectivity index (χ1) is 8.15. The van der Waals surface area contributed by atoms with Crippen LogP contribution in [0.3, 0.4) is 0 Å². The van der Waals surface area contributed by atoms with Gasteiger partial charge in [-0.1, -0.05) is 40.2 Å². The lowest BCUT2D eigenvalue weighted by atomic mass is 10.0. The minimum atomic E-state index is -0.439. The second kappa shape index (κ2) is 5.98. The summed E-state index contributed by atoms with van der Waals surface area (Å²) < 4.78 is 2.21. The number of rotatable bonds is 3. The maximum atomic E-state index is 10.2. The third-order valence-electron chi connectivity index (χ3n) is 2.58. The Bertz CT molecular complexity index is 496. The van der Waals surface area contributed by atoms with Gasteiger partial charge < -0.3 is 5.11 Å². The van der Waals surface area contributed by atoms with E-state index in [1.54, 1.807) is 0 Å². The predicted molar refractivity (Wildman–Crippen MR) is 82.0 cm³/mol. The zero-order chi connectivity index (χ0) is 12.3. The van der Waals surface area contributed by atoms with Crippen LogP contribution in [0.1, 0.15) is 17.2 Å². The summed E-state index contributed by atoms with van der Waals surface area (Å²) in [5.74, 6) is 0. The molecule has 0 aliphatic heterocycles. The number of benzene rings is 2. The molecular formula is C14H12BrIO. The Morgan fingerprint density at radius 1 is 1.12 bits per heavy atom. The van der Waals surface area contributed by atoms with E-state index in [-0.39, 0.29) is 0 Å². The van der Waals surface area contributed by atoms with E-state index >= 15 is 0 Å². The van der Waals surface area contributed by atoms with E-state index in [4.69, 9.17) is 0 Å².